The molecule has 4 heteroatoms. The molecule has 0 amide bonds. The zero-order valence-corrected chi connectivity index (χ0v) is 27.7. The molecule has 0 saturated carbocycles. The van der Waals surface area contributed by atoms with Gasteiger partial charge in [0.15, 0.2) is 11.7 Å². The zero-order chi connectivity index (χ0) is 33.6. The Labute approximate surface area is 287 Å². The van der Waals surface area contributed by atoms with E-state index in [9.17, 15) is 0 Å². The largest absolute Gasteiger partial charge is 0.261 e. The van der Waals surface area contributed by atoms with E-state index in [-0.39, 0.29) is 0 Å². The first-order valence-corrected chi connectivity index (χ1v) is 16.5. The number of aliphatic imine (C=N–C) groups is 3. The van der Waals surface area contributed by atoms with Crippen molar-refractivity contribution >= 4 is 46.1 Å². The van der Waals surface area contributed by atoms with E-state index in [0.717, 1.165) is 49.8 Å². The van der Waals surface area contributed by atoms with Gasteiger partial charge in [0.2, 0.25) is 0 Å². The molecule has 0 unspecified atom stereocenters. The first-order valence-electron chi connectivity index (χ1n) is 16.5. The van der Waals surface area contributed by atoms with E-state index in [1.807, 2.05) is 72.9 Å². The topological polar surface area (TPSA) is 50.0 Å². The first-order chi connectivity index (χ1) is 24.1. The number of nitrogens with zero attached hydrogens (tertiary/aromatic N) is 4. The van der Waals surface area contributed by atoms with Gasteiger partial charge in [0.1, 0.15) is 0 Å². The molecule has 0 bridgehead atoms. The van der Waals surface area contributed by atoms with E-state index in [4.69, 9.17) is 15.0 Å². The van der Waals surface area contributed by atoms with Crippen molar-refractivity contribution in [1.29, 1.82) is 0 Å². The van der Waals surface area contributed by atoms with Crippen LogP contribution >= 0.6 is 0 Å². The average Bonchev–Trinajstić information content (AvgIpc) is 3.16. The summed E-state index contributed by atoms with van der Waals surface area (Å²) in [6.45, 7) is 8.69. The average molecular weight is 633 g/mol. The highest BCUT2D eigenvalue weighted by Crippen LogP contribution is 2.33. The normalized spacial score (nSPS) is 12.2. The van der Waals surface area contributed by atoms with E-state index in [1.165, 1.54) is 21.9 Å². The number of hydrogen-bond acceptors (Lipinski definition) is 2. The third kappa shape index (κ3) is 6.90. The minimum Gasteiger partial charge on any atom is -0.261 e. The molecule has 0 aliphatic heterocycles. The summed E-state index contributed by atoms with van der Waals surface area (Å²) in [5.74, 6) is 1.10. The second-order valence-corrected chi connectivity index (χ2v) is 12.0. The highest BCUT2D eigenvalue weighted by molar-refractivity contribution is 6.13. The quantitative estimate of drug-likeness (QED) is 0.127. The van der Waals surface area contributed by atoms with Crippen LogP contribution in [0.1, 0.15) is 34.7 Å². The maximum absolute atomic E-state index is 5.08. The van der Waals surface area contributed by atoms with Crippen LogP contribution in [-0.4, -0.2) is 23.4 Å². The van der Waals surface area contributed by atoms with Gasteiger partial charge in [-0.2, -0.15) is 0 Å². The number of amidine groups is 2. The van der Waals surface area contributed by atoms with Crippen molar-refractivity contribution in [2.24, 2.45) is 15.0 Å². The highest BCUT2D eigenvalue weighted by Gasteiger charge is 2.13. The molecule has 236 valence electrons. The molecule has 0 aliphatic rings. The van der Waals surface area contributed by atoms with Gasteiger partial charge in [-0.25, -0.2) is 9.98 Å². The van der Waals surface area contributed by atoms with Crippen LogP contribution < -0.4 is 0 Å². The zero-order valence-electron chi connectivity index (χ0n) is 27.7. The van der Waals surface area contributed by atoms with Crippen LogP contribution in [0.15, 0.2) is 167 Å². The van der Waals surface area contributed by atoms with E-state index in [0.29, 0.717) is 18.2 Å². The highest BCUT2D eigenvalue weighted by atomic mass is 15.0. The van der Waals surface area contributed by atoms with E-state index < -0.39 is 0 Å². The number of rotatable bonds is 7. The van der Waals surface area contributed by atoms with Crippen molar-refractivity contribution in [1.82, 2.24) is 4.98 Å². The predicted molar refractivity (Wildman–Crippen MR) is 209 cm³/mol. The minimum atomic E-state index is 0.499. The van der Waals surface area contributed by atoms with Crippen molar-refractivity contribution < 1.29 is 0 Å². The molecule has 0 fully saturated rings. The lowest BCUT2D eigenvalue weighted by atomic mass is 9.93. The fourth-order valence-electron chi connectivity index (χ4n) is 6.17. The van der Waals surface area contributed by atoms with Crippen molar-refractivity contribution in [2.45, 2.75) is 20.4 Å². The Hall–Kier alpha value is -6.26. The molecule has 0 saturated heterocycles. The summed E-state index contributed by atoms with van der Waals surface area (Å²) >= 11 is 0. The molecule has 7 aromatic rings. The lowest BCUT2D eigenvalue weighted by Gasteiger charge is -2.13. The van der Waals surface area contributed by atoms with Gasteiger partial charge in [-0.1, -0.05) is 115 Å². The molecule has 0 radical (unpaired) electrons. The van der Waals surface area contributed by atoms with Crippen molar-refractivity contribution in [3.05, 3.63) is 180 Å². The smallest absolute Gasteiger partial charge is 0.161 e. The fourth-order valence-corrected chi connectivity index (χ4v) is 6.17. The van der Waals surface area contributed by atoms with Crippen LogP contribution in [-0.2, 0) is 6.54 Å². The van der Waals surface area contributed by atoms with Crippen LogP contribution in [0.5, 0.6) is 0 Å². The molecule has 0 atom stereocenters. The number of hydrogen-bond donors (Lipinski definition) is 0. The maximum Gasteiger partial charge on any atom is 0.161 e. The van der Waals surface area contributed by atoms with Crippen LogP contribution in [0.3, 0.4) is 0 Å². The number of para-hydroxylation sites is 1. The minimum absolute atomic E-state index is 0.499. The molecule has 1 heterocycles. The molecule has 0 spiro atoms. The second-order valence-electron chi connectivity index (χ2n) is 12.0. The van der Waals surface area contributed by atoms with Crippen molar-refractivity contribution in [3.63, 3.8) is 0 Å². The molecular formula is C45H36N4. The summed E-state index contributed by atoms with van der Waals surface area (Å²) < 4.78 is 0. The summed E-state index contributed by atoms with van der Waals surface area (Å²) in [5, 5.41) is 3.50. The van der Waals surface area contributed by atoms with E-state index >= 15 is 0 Å². The SMILES string of the molecule is C=NC(=NC(=NCc1ccccc1)c1ccccc1)c1cc(-c2cnc3ccccc3c2)cc(-c2ccc3c(/C=C\C)c(C)ccc3c2)c1. The van der Waals surface area contributed by atoms with Crippen LogP contribution in [0.2, 0.25) is 0 Å². The molecule has 4 nitrogen and oxygen atoms in total. The molecule has 1 aromatic heterocycles. The van der Waals surface area contributed by atoms with Gasteiger partial charge >= 0.3 is 0 Å². The summed E-state index contributed by atoms with van der Waals surface area (Å²) in [7, 11) is 0. The molecule has 0 aliphatic carbocycles. The maximum atomic E-state index is 5.08. The van der Waals surface area contributed by atoms with Gasteiger partial charge < -0.3 is 0 Å². The Kier molecular flexibility index (Phi) is 9.11. The number of aryl methyl sites for hydroxylation is 1. The van der Waals surface area contributed by atoms with Gasteiger partial charge in [-0.05, 0) is 101 Å². The molecule has 49 heavy (non-hydrogen) atoms. The van der Waals surface area contributed by atoms with E-state index in [1.54, 1.807) is 0 Å². The number of aromatic nitrogens is 1. The van der Waals surface area contributed by atoms with Gasteiger partial charge in [0.25, 0.3) is 0 Å². The summed E-state index contributed by atoms with van der Waals surface area (Å²) in [4.78, 5) is 19.3. The second kappa shape index (κ2) is 14.2. The van der Waals surface area contributed by atoms with Crippen molar-refractivity contribution in [2.75, 3.05) is 0 Å². The van der Waals surface area contributed by atoms with Crippen LogP contribution in [0.4, 0.5) is 0 Å². The number of benzene rings is 6. The Balaban J connectivity index is 1.40. The Morgan fingerprint density at radius 2 is 1.37 bits per heavy atom. The third-order valence-electron chi connectivity index (χ3n) is 8.71. The molecule has 0 N–H and O–H groups in total. The number of allylic oxidation sites excluding steroid dienone is 1. The predicted octanol–water partition coefficient (Wildman–Crippen LogP) is 11.2. The Bertz CT molecular complexity index is 2390. The Morgan fingerprint density at radius 1 is 0.653 bits per heavy atom. The van der Waals surface area contributed by atoms with Gasteiger partial charge in [-0.3, -0.25) is 9.98 Å². The summed E-state index contributed by atoms with van der Waals surface area (Å²) in [6.07, 6.45) is 6.22. The lowest BCUT2D eigenvalue weighted by molar-refractivity contribution is 1.06. The number of fused-ring (bicyclic) bond motifs is 2. The number of pyridine rings is 1. The first kappa shape index (κ1) is 31.3. The van der Waals surface area contributed by atoms with Crippen LogP contribution in [0.25, 0.3) is 50.0 Å². The standard InChI is InChI=1S/C45H36N4/c1-4-13-41-31(2)20-21-35-24-34(22-23-42(35)41)37-26-38(40-25-36-18-11-12-19-43(36)47-30-40)28-39(27-37)44(46-3)49-45(33-16-9-6-10-17-33)48-29-32-14-7-5-8-15-32/h4-28,30H,3,29H2,1-2H3/b13-4-,48-45?,49-44?. The molecule has 7 rings (SSSR count). The van der Waals surface area contributed by atoms with Gasteiger partial charge in [0.05, 0.1) is 12.1 Å². The monoisotopic (exact) mass is 632 g/mol. The van der Waals surface area contributed by atoms with Crippen molar-refractivity contribution in [3.8, 4) is 22.3 Å². The van der Waals surface area contributed by atoms with Gasteiger partial charge in [0, 0.05) is 28.3 Å². The summed E-state index contributed by atoms with van der Waals surface area (Å²) in [5.41, 5.74) is 10.5. The fraction of sp³-hybridized carbons (Fsp3) is 0.0667. The Morgan fingerprint density at radius 3 is 2.14 bits per heavy atom. The van der Waals surface area contributed by atoms with E-state index in [2.05, 4.69) is 111 Å². The molecule has 6 aromatic carbocycles. The summed E-state index contributed by atoms with van der Waals surface area (Å²) in [6, 6.07) is 48.2. The van der Waals surface area contributed by atoms with Gasteiger partial charge in [-0.15, -0.1) is 0 Å². The molecular weight excluding hydrogens is 597 g/mol. The lowest BCUT2D eigenvalue weighted by Crippen LogP contribution is -2.06. The van der Waals surface area contributed by atoms with Crippen LogP contribution in [0, 0.1) is 6.92 Å². The third-order valence-corrected chi connectivity index (χ3v) is 8.71.